The lowest BCUT2D eigenvalue weighted by Gasteiger charge is -2.36. The third-order valence-corrected chi connectivity index (χ3v) is 7.74. The molecule has 1 N–H and O–H groups in total. The molecule has 1 saturated heterocycles. The number of benzene rings is 3. The fourth-order valence-electron chi connectivity index (χ4n) is 4.47. The van der Waals surface area contributed by atoms with E-state index in [1.165, 1.54) is 6.07 Å². The highest BCUT2D eigenvalue weighted by Crippen LogP contribution is 2.25. The number of fused-ring (bicyclic) bond motifs is 1. The molecule has 9 heteroatoms. The summed E-state index contributed by atoms with van der Waals surface area (Å²) >= 11 is 0. The Hall–Kier alpha value is -4.11. The first-order chi connectivity index (χ1) is 17.9. The Bertz CT molecular complexity index is 1510. The zero-order valence-corrected chi connectivity index (χ0v) is 21.3. The van der Waals surface area contributed by atoms with Crippen LogP contribution >= 0.6 is 0 Å². The zero-order valence-electron chi connectivity index (χ0n) is 20.5. The molecule has 0 radical (unpaired) electrons. The first-order valence-corrected chi connectivity index (χ1v) is 13.7. The normalized spacial score (nSPS) is 14.0. The largest absolute Gasteiger partial charge is 0.494 e. The molecule has 0 aliphatic carbocycles. The second-order valence-electron chi connectivity index (χ2n) is 8.72. The molecule has 0 bridgehead atoms. The van der Waals surface area contributed by atoms with Crippen LogP contribution in [0.15, 0.2) is 90.0 Å². The van der Waals surface area contributed by atoms with Crippen LogP contribution in [0.25, 0.3) is 10.9 Å². The Morgan fingerprint density at radius 2 is 1.68 bits per heavy atom. The van der Waals surface area contributed by atoms with Crippen molar-refractivity contribution in [2.45, 2.75) is 11.8 Å². The topological polar surface area (TPSA) is 91.8 Å². The predicted molar refractivity (Wildman–Crippen MR) is 145 cm³/mol. The third-order valence-electron chi connectivity index (χ3n) is 6.33. The monoisotopic (exact) mass is 516 g/mol. The van der Waals surface area contributed by atoms with Crippen LogP contribution in [0.1, 0.15) is 17.3 Å². The van der Waals surface area contributed by atoms with E-state index < -0.39 is 10.0 Å². The first-order valence-electron chi connectivity index (χ1n) is 12.2. The lowest BCUT2D eigenvalue weighted by atomic mass is 10.1. The SMILES string of the molecule is CCOc1cccc(N2CCN(C(=O)c3ccc(NS(=O)(=O)c4cccc5cccnc45)cc3)CC2)c1. The standard InChI is InChI=1S/C28H28N4O4S/c1-2-36-25-9-4-8-24(20-25)31-16-18-32(19-17-31)28(33)22-11-13-23(14-12-22)30-37(34,35)26-10-3-6-21-7-5-15-29-27(21)26/h3-15,20,30H,2,16-19H2,1H3. The molecule has 1 amide bonds. The summed E-state index contributed by atoms with van der Waals surface area (Å²) < 4.78 is 34.3. The number of ether oxygens (including phenoxy) is 1. The molecule has 0 spiro atoms. The number of carbonyl (C=O) groups is 1. The van der Waals surface area contributed by atoms with E-state index in [1.807, 2.05) is 48.2 Å². The molecule has 1 aromatic heterocycles. The number of nitrogens with one attached hydrogen (secondary N) is 1. The van der Waals surface area contributed by atoms with Crippen molar-refractivity contribution >= 4 is 38.2 Å². The Morgan fingerprint density at radius 3 is 2.43 bits per heavy atom. The Morgan fingerprint density at radius 1 is 0.946 bits per heavy atom. The molecular formula is C28H28N4O4S. The van der Waals surface area contributed by atoms with Gasteiger partial charge in [-0.25, -0.2) is 8.42 Å². The number of hydrogen-bond acceptors (Lipinski definition) is 6. The molecular weight excluding hydrogens is 488 g/mol. The maximum Gasteiger partial charge on any atom is 0.264 e. The van der Waals surface area contributed by atoms with E-state index in [1.54, 1.807) is 42.6 Å². The van der Waals surface area contributed by atoms with E-state index in [-0.39, 0.29) is 10.8 Å². The van der Waals surface area contributed by atoms with Gasteiger partial charge in [-0.15, -0.1) is 0 Å². The van der Waals surface area contributed by atoms with Crippen LogP contribution in [0, 0.1) is 0 Å². The lowest BCUT2D eigenvalue weighted by molar-refractivity contribution is 0.0747. The molecule has 1 aliphatic rings. The van der Waals surface area contributed by atoms with Gasteiger partial charge in [0.25, 0.3) is 15.9 Å². The van der Waals surface area contributed by atoms with Gasteiger partial charge in [0.2, 0.25) is 0 Å². The Labute approximate surface area is 216 Å². The van der Waals surface area contributed by atoms with Crippen molar-refractivity contribution in [1.82, 2.24) is 9.88 Å². The van der Waals surface area contributed by atoms with E-state index >= 15 is 0 Å². The second kappa shape index (κ2) is 10.5. The molecule has 0 unspecified atom stereocenters. The van der Waals surface area contributed by atoms with Gasteiger partial charge in [0.15, 0.2) is 0 Å². The fraction of sp³-hybridized carbons (Fsp3) is 0.214. The van der Waals surface area contributed by atoms with Crippen molar-refractivity contribution in [3.05, 3.63) is 90.6 Å². The van der Waals surface area contributed by atoms with Gasteiger partial charge in [0, 0.05) is 60.8 Å². The van der Waals surface area contributed by atoms with Crippen LogP contribution in [0.4, 0.5) is 11.4 Å². The van der Waals surface area contributed by atoms with Crippen LogP contribution in [0.5, 0.6) is 5.75 Å². The van der Waals surface area contributed by atoms with Crippen LogP contribution < -0.4 is 14.4 Å². The van der Waals surface area contributed by atoms with Gasteiger partial charge in [0.05, 0.1) is 12.1 Å². The number of aromatic nitrogens is 1. The van der Waals surface area contributed by atoms with Crippen molar-refractivity contribution < 1.29 is 17.9 Å². The Kier molecular flexibility index (Phi) is 6.96. The highest BCUT2D eigenvalue weighted by atomic mass is 32.2. The summed E-state index contributed by atoms with van der Waals surface area (Å²) in [5.41, 5.74) is 2.38. The first kappa shape index (κ1) is 24.6. The second-order valence-corrected chi connectivity index (χ2v) is 10.4. The molecule has 1 fully saturated rings. The zero-order chi connectivity index (χ0) is 25.8. The van der Waals surface area contributed by atoms with Crippen molar-refractivity contribution in [2.24, 2.45) is 0 Å². The van der Waals surface area contributed by atoms with Crippen LogP contribution in [-0.4, -0.2) is 57.0 Å². The van der Waals surface area contributed by atoms with E-state index in [4.69, 9.17) is 4.74 Å². The highest BCUT2D eigenvalue weighted by molar-refractivity contribution is 7.93. The van der Waals surface area contributed by atoms with E-state index in [0.717, 1.165) is 29.9 Å². The molecule has 2 heterocycles. The van der Waals surface area contributed by atoms with Gasteiger partial charge in [0.1, 0.15) is 10.6 Å². The van der Waals surface area contributed by atoms with E-state index in [2.05, 4.69) is 14.6 Å². The summed E-state index contributed by atoms with van der Waals surface area (Å²) in [5, 5.41) is 0.744. The number of amides is 1. The van der Waals surface area contributed by atoms with Gasteiger partial charge < -0.3 is 14.5 Å². The molecule has 190 valence electrons. The molecule has 3 aromatic carbocycles. The molecule has 4 aromatic rings. The van der Waals surface area contributed by atoms with Crippen molar-refractivity contribution in [3.63, 3.8) is 0 Å². The summed E-state index contributed by atoms with van der Waals surface area (Å²) in [7, 11) is -3.86. The fourth-order valence-corrected chi connectivity index (χ4v) is 5.71. The highest BCUT2D eigenvalue weighted by Gasteiger charge is 2.23. The number of anilines is 2. The van der Waals surface area contributed by atoms with Crippen LogP contribution in [0.3, 0.4) is 0 Å². The third kappa shape index (κ3) is 5.36. The molecule has 0 atom stereocenters. The average molecular weight is 517 g/mol. The minimum Gasteiger partial charge on any atom is -0.494 e. The number of carbonyl (C=O) groups excluding carboxylic acids is 1. The van der Waals surface area contributed by atoms with Crippen LogP contribution in [-0.2, 0) is 10.0 Å². The Balaban J connectivity index is 1.23. The van der Waals surface area contributed by atoms with Crippen molar-refractivity contribution in [2.75, 3.05) is 42.4 Å². The lowest BCUT2D eigenvalue weighted by Crippen LogP contribution is -2.48. The number of piperazine rings is 1. The van der Waals surface area contributed by atoms with Crippen molar-refractivity contribution in [3.8, 4) is 5.75 Å². The number of nitrogens with zero attached hydrogens (tertiary/aromatic N) is 3. The van der Waals surface area contributed by atoms with Gasteiger partial charge in [-0.1, -0.05) is 24.3 Å². The summed E-state index contributed by atoms with van der Waals surface area (Å²) in [5.74, 6) is 0.765. The molecule has 5 rings (SSSR count). The minimum absolute atomic E-state index is 0.0737. The molecule has 8 nitrogen and oxygen atoms in total. The number of rotatable bonds is 7. The van der Waals surface area contributed by atoms with Gasteiger partial charge >= 0.3 is 0 Å². The number of sulfonamides is 1. The average Bonchev–Trinajstić information content (AvgIpc) is 2.93. The van der Waals surface area contributed by atoms with Crippen LogP contribution in [0.2, 0.25) is 0 Å². The minimum atomic E-state index is -3.86. The maximum absolute atomic E-state index is 13.1. The maximum atomic E-state index is 13.1. The number of pyridine rings is 1. The molecule has 37 heavy (non-hydrogen) atoms. The van der Waals surface area contributed by atoms with Gasteiger partial charge in [-0.3, -0.25) is 14.5 Å². The van der Waals surface area contributed by atoms with Crippen molar-refractivity contribution in [1.29, 1.82) is 0 Å². The molecule has 0 saturated carbocycles. The summed E-state index contributed by atoms with van der Waals surface area (Å²) in [6, 6.07) is 23.1. The van der Waals surface area contributed by atoms with Gasteiger partial charge in [-0.2, -0.15) is 0 Å². The van der Waals surface area contributed by atoms with E-state index in [9.17, 15) is 13.2 Å². The quantitative estimate of drug-likeness (QED) is 0.392. The number of hydrogen-bond donors (Lipinski definition) is 1. The summed E-state index contributed by atoms with van der Waals surface area (Å²) in [6.07, 6.45) is 1.57. The molecule has 1 aliphatic heterocycles. The number of para-hydroxylation sites is 1. The predicted octanol–water partition coefficient (Wildman–Crippen LogP) is 4.40. The smallest absolute Gasteiger partial charge is 0.264 e. The van der Waals surface area contributed by atoms with E-state index in [0.29, 0.717) is 36.5 Å². The summed E-state index contributed by atoms with van der Waals surface area (Å²) in [6.45, 7) is 5.21. The van der Waals surface area contributed by atoms with Gasteiger partial charge in [-0.05, 0) is 55.5 Å². The summed E-state index contributed by atoms with van der Waals surface area (Å²) in [4.78, 5) is 21.5.